The molecule has 1 aromatic carbocycles. The lowest BCUT2D eigenvalue weighted by Crippen LogP contribution is -2.21. The largest absolute Gasteiger partial charge is 0.390 e. The summed E-state index contributed by atoms with van der Waals surface area (Å²) in [5, 5.41) is 23.7. The number of hydrogen-bond acceptors (Lipinski definition) is 5. The minimum Gasteiger partial charge on any atom is -0.390 e. The maximum absolute atomic E-state index is 9.95. The number of benzene rings is 1. The molecular weight excluding hydrogens is 270 g/mol. The van der Waals surface area contributed by atoms with Crippen molar-refractivity contribution in [3.05, 3.63) is 45.7 Å². The molecule has 0 aliphatic heterocycles. The van der Waals surface area contributed by atoms with Crippen molar-refractivity contribution in [1.29, 1.82) is 0 Å². The molecule has 2 aromatic rings. The summed E-state index contributed by atoms with van der Waals surface area (Å²) >= 11 is 5.94. The number of halogens is 1. The molecule has 2 unspecified atom stereocenters. The van der Waals surface area contributed by atoms with Crippen LogP contribution in [0.1, 0.15) is 11.7 Å². The molecule has 2 atom stereocenters. The van der Waals surface area contributed by atoms with Crippen molar-refractivity contribution in [2.45, 2.75) is 12.2 Å². The van der Waals surface area contributed by atoms with Gasteiger partial charge in [0.05, 0.1) is 18.2 Å². The van der Waals surface area contributed by atoms with Gasteiger partial charge in [-0.3, -0.25) is 0 Å². The Balaban J connectivity index is 2.34. The second-order valence-corrected chi connectivity index (χ2v) is 4.22. The molecule has 98 valence electrons. The summed E-state index contributed by atoms with van der Waals surface area (Å²) in [6.45, 7) is -0.214. The highest BCUT2D eigenvalue weighted by Crippen LogP contribution is 2.25. The number of nitrogens with zero attached hydrogens (tertiary/aromatic N) is 5. The van der Waals surface area contributed by atoms with Crippen LogP contribution in [0.2, 0.25) is 5.15 Å². The zero-order valence-corrected chi connectivity index (χ0v) is 10.4. The third-order valence-corrected chi connectivity index (χ3v) is 2.95. The molecule has 8 heteroatoms. The molecule has 0 saturated heterocycles. The first-order valence-corrected chi connectivity index (χ1v) is 5.78. The summed E-state index contributed by atoms with van der Waals surface area (Å²) in [6, 6.07) is 4.89. The molecule has 0 aliphatic rings. The molecular formula is C11H10ClN5O2. The molecule has 2 rings (SSSR count). The minimum absolute atomic E-state index is 0.214. The quantitative estimate of drug-likeness (QED) is 0.385. The Hall–Kier alpha value is -1.92. The summed E-state index contributed by atoms with van der Waals surface area (Å²) in [5.74, 6) is 0. The van der Waals surface area contributed by atoms with Gasteiger partial charge >= 0.3 is 0 Å². The summed E-state index contributed by atoms with van der Waals surface area (Å²) in [4.78, 5) is 10.4. The van der Waals surface area contributed by atoms with Crippen LogP contribution in [-0.2, 0) is 0 Å². The maximum Gasteiger partial charge on any atom is 0.140 e. The van der Waals surface area contributed by atoms with Gasteiger partial charge in [-0.15, -0.1) is 0 Å². The number of azide groups is 1. The zero-order valence-electron chi connectivity index (χ0n) is 9.68. The third kappa shape index (κ3) is 2.91. The van der Waals surface area contributed by atoms with Crippen molar-refractivity contribution in [1.82, 2.24) is 9.97 Å². The van der Waals surface area contributed by atoms with Crippen molar-refractivity contribution >= 4 is 22.5 Å². The third-order valence-electron chi connectivity index (χ3n) is 2.65. The summed E-state index contributed by atoms with van der Waals surface area (Å²) in [6.07, 6.45) is -1.01. The molecule has 0 radical (unpaired) electrons. The van der Waals surface area contributed by atoms with Crippen LogP contribution in [-0.4, -0.2) is 32.8 Å². The summed E-state index contributed by atoms with van der Waals surface area (Å²) in [5.41, 5.74) is 9.27. The summed E-state index contributed by atoms with van der Waals surface area (Å²) < 4.78 is 0. The molecule has 7 nitrogen and oxygen atoms in total. The fourth-order valence-electron chi connectivity index (χ4n) is 1.67. The van der Waals surface area contributed by atoms with Crippen LogP contribution in [0.25, 0.3) is 21.3 Å². The Bertz CT molecular complexity index is 644. The van der Waals surface area contributed by atoms with Gasteiger partial charge in [-0.2, -0.15) is 0 Å². The van der Waals surface area contributed by atoms with Crippen LogP contribution in [0.15, 0.2) is 29.6 Å². The maximum atomic E-state index is 9.95. The number of hydrogen-bond donors (Lipinski definition) is 2. The fourth-order valence-corrected chi connectivity index (χ4v) is 1.86. The first kappa shape index (κ1) is 13.5. The van der Waals surface area contributed by atoms with Crippen molar-refractivity contribution < 1.29 is 10.2 Å². The lowest BCUT2D eigenvalue weighted by atomic mass is 10.0. The van der Waals surface area contributed by atoms with Gasteiger partial charge in [-0.1, -0.05) is 22.8 Å². The zero-order chi connectivity index (χ0) is 13.8. The fraction of sp³-hybridized carbons (Fsp3) is 0.273. The Morgan fingerprint density at radius 2 is 2.16 bits per heavy atom. The van der Waals surface area contributed by atoms with E-state index in [1.165, 1.54) is 6.33 Å². The van der Waals surface area contributed by atoms with Crippen LogP contribution in [0.3, 0.4) is 0 Å². The van der Waals surface area contributed by atoms with Gasteiger partial charge in [0.1, 0.15) is 17.6 Å². The number of aliphatic hydroxyl groups is 2. The molecule has 0 amide bonds. The standard InChI is InChI=1S/C11H10ClN5O2/c12-11-7-3-6(1-2-8(7)14-5-15-11)10(19)9(18)4-16-17-13/h1-3,5,9-10,18-19H,4H2. The molecule has 0 saturated carbocycles. The van der Waals surface area contributed by atoms with E-state index in [0.29, 0.717) is 16.5 Å². The van der Waals surface area contributed by atoms with E-state index in [-0.39, 0.29) is 11.7 Å². The second-order valence-electron chi connectivity index (χ2n) is 3.87. The number of rotatable bonds is 4. The molecule has 0 spiro atoms. The number of fused-ring (bicyclic) bond motifs is 1. The van der Waals surface area contributed by atoms with Crippen LogP contribution in [0.4, 0.5) is 0 Å². The number of aromatic nitrogens is 2. The Labute approximate surface area is 113 Å². The van der Waals surface area contributed by atoms with Crippen LogP contribution >= 0.6 is 11.6 Å². The average molecular weight is 280 g/mol. The molecule has 19 heavy (non-hydrogen) atoms. The topological polar surface area (TPSA) is 115 Å². The van der Waals surface area contributed by atoms with Crippen molar-refractivity contribution in [3.63, 3.8) is 0 Å². The monoisotopic (exact) mass is 279 g/mol. The normalized spacial score (nSPS) is 13.8. The average Bonchev–Trinajstić information content (AvgIpc) is 2.44. The molecule has 1 heterocycles. The predicted molar refractivity (Wildman–Crippen MR) is 69.5 cm³/mol. The SMILES string of the molecule is [N-]=[N+]=NCC(O)C(O)c1ccc2ncnc(Cl)c2c1. The van der Waals surface area contributed by atoms with Crippen molar-refractivity contribution in [3.8, 4) is 0 Å². The van der Waals surface area contributed by atoms with E-state index in [1.54, 1.807) is 18.2 Å². The first-order chi connectivity index (χ1) is 9.13. The van der Waals surface area contributed by atoms with Gasteiger partial charge in [0.15, 0.2) is 0 Å². The second kappa shape index (κ2) is 5.81. The highest BCUT2D eigenvalue weighted by atomic mass is 35.5. The van der Waals surface area contributed by atoms with Crippen molar-refractivity contribution in [2.24, 2.45) is 5.11 Å². The molecule has 0 fully saturated rings. The van der Waals surface area contributed by atoms with Gasteiger partial charge in [0.25, 0.3) is 0 Å². The van der Waals surface area contributed by atoms with E-state index in [4.69, 9.17) is 17.1 Å². The first-order valence-electron chi connectivity index (χ1n) is 5.40. The lowest BCUT2D eigenvalue weighted by Gasteiger charge is -2.16. The Kier molecular flexibility index (Phi) is 4.13. The van der Waals surface area contributed by atoms with E-state index in [9.17, 15) is 10.2 Å². The molecule has 2 N–H and O–H groups in total. The van der Waals surface area contributed by atoms with Gasteiger partial charge in [0.2, 0.25) is 0 Å². The van der Waals surface area contributed by atoms with E-state index in [2.05, 4.69) is 20.0 Å². The van der Waals surface area contributed by atoms with Gasteiger partial charge in [-0.05, 0) is 23.2 Å². The van der Waals surface area contributed by atoms with Crippen LogP contribution in [0.5, 0.6) is 0 Å². The van der Waals surface area contributed by atoms with Gasteiger partial charge < -0.3 is 10.2 Å². The van der Waals surface area contributed by atoms with Crippen molar-refractivity contribution in [2.75, 3.05) is 6.54 Å². The van der Waals surface area contributed by atoms with Gasteiger partial charge in [0, 0.05) is 10.3 Å². The molecule has 1 aromatic heterocycles. The molecule has 0 bridgehead atoms. The van der Waals surface area contributed by atoms with E-state index >= 15 is 0 Å². The predicted octanol–water partition coefficient (Wildman–Crippen LogP) is 1.99. The van der Waals surface area contributed by atoms with E-state index in [1.807, 2.05) is 0 Å². The Morgan fingerprint density at radius 3 is 2.89 bits per heavy atom. The smallest absolute Gasteiger partial charge is 0.140 e. The van der Waals surface area contributed by atoms with E-state index < -0.39 is 12.2 Å². The van der Waals surface area contributed by atoms with Crippen LogP contribution < -0.4 is 0 Å². The summed E-state index contributed by atoms with van der Waals surface area (Å²) in [7, 11) is 0. The van der Waals surface area contributed by atoms with Crippen LogP contribution in [0, 0.1) is 0 Å². The molecule has 0 aliphatic carbocycles. The Morgan fingerprint density at radius 1 is 1.37 bits per heavy atom. The lowest BCUT2D eigenvalue weighted by molar-refractivity contribution is 0.0245. The highest BCUT2D eigenvalue weighted by molar-refractivity contribution is 6.34. The highest BCUT2D eigenvalue weighted by Gasteiger charge is 2.18. The minimum atomic E-state index is -1.18. The number of aliphatic hydroxyl groups excluding tert-OH is 2. The van der Waals surface area contributed by atoms with Gasteiger partial charge in [-0.25, -0.2) is 9.97 Å². The van der Waals surface area contributed by atoms with E-state index in [0.717, 1.165) is 0 Å².